The molecule has 0 aliphatic heterocycles. The van der Waals surface area contributed by atoms with Gasteiger partial charge in [0.25, 0.3) is 0 Å². The van der Waals surface area contributed by atoms with Gasteiger partial charge in [-0.3, -0.25) is 4.79 Å². The van der Waals surface area contributed by atoms with Crippen LogP contribution in [0.25, 0.3) is 0 Å². The molecule has 2 rings (SSSR count). The van der Waals surface area contributed by atoms with Gasteiger partial charge in [0.1, 0.15) is 5.75 Å². The van der Waals surface area contributed by atoms with Crippen molar-refractivity contribution in [2.75, 3.05) is 11.9 Å². The number of hydrogen-bond donors (Lipinski definition) is 2. The van der Waals surface area contributed by atoms with E-state index in [9.17, 15) is 4.79 Å². The van der Waals surface area contributed by atoms with Crippen molar-refractivity contribution in [1.29, 1.82) is 0 Å². The van der Waals surface area contributed by atoms with Crippen molar-refractivity contribution in [2.45, 2.75) is 45.8 Å². The molecule has 0 bridgehead atoms. The molecule has 0 saturated heterocycles. The number of hydrogen-bond acceptors (Lipinski definition) is 3. The molecule has 0 aliphatic rings. The number of benzene rings is 2. The van der Waals surface area contributed by atoms with Crippen LogP contribution in [0, 0.1) is 0 Å². The molecule has 0 aliphatic carbocycles. The molecule has 0 saturated carbocycles. The normalized spacial score (nSPS) is 13.1. The third kappa shape index (κ3) is 6.24. The third-order valence-electron chi connectivity index (χ3n) is 4.17. The molecular formula is C21H28N2O2. The van der Waals surface area contributed by atoms with Crippen LogP contribution in [0.1, 0.15) is 45.2 Å². The van der Waals surface area contributed by atoms with Crippen LogP contribution in [0.5, 0.6) is 5.75 Å². The molecule has 2 aromatic carbocycles. The van der Waals surface area contributed by atoms with E-state index in [-0.39, 0.29) is 24.6 Å². The van der Waals surface area contributed by atoms with Crippen LogP contribution in [0.15, 0.2) is 54.6 Å². The predicted molar refractivity (Wildman–Crippen MR) is 103 cm³/mol. The van der Waals surface area contributed by atoms with E-state index in [4.69, 9.17) is 4.74 Å². The fourth-order valence-electron chi connectivity index (χ4n) is 2.54. The molecule has 0 aromatic heterocycles. The maximum absolute atomic E-state index is 12.2. The highest BCUT2D eigenvalue weighted by Gasteiger charge is 2.10. The van der Waals surface area contributed by atoms with Crippen LogP contribution < -0.4 is 15.4 Å². The van der Waals surface area contributed by atoms with Crippen LogP contribution >= 0.6 is 0 Å². The third-order valence-corrected chi connectivity index (χ3v) is 4.17. The van der Waals surface area contributed by atoms with E-state index in [1.807, 2.05) is 49.4 Å². The molecule has 4 nitrogen and oxygen atoms in total. The second-order valence-electron chi connectivity index (χ2n) is 6.16. The first-order chi connectivity index (χ1) is 12.1. The van der Waals surface area contributed by atoms with E-state index in [0.717, 1.165) is 24.3 Å². The summed E-state index contributed by atoms with van der Waals surface area (Å²) in [5.41, 5.74) is 1.97. The average Bonchev–Trinajstić information content (AvgIpc) is 2.64. The van der Waals surface area contributed by atoms with Gasteiger partial charge in [-0.2, -0.15) is 0 Å². The fourth-order valence-corrected chi connectivity index (χ4v) is 2.54. The maximum atomic E-state index is 12.2. The molecule has 1 amide bonds. The van der Waals surface area contributed by atoms with E-state index in [0.29, 0.717) is 0 Å². The summed E-state index contributed by atoms with van der Waals surface area (Å²) in [6, 6.07) is 17.9. The SMILES string of the molecule is CCC(C)Oc1ccc(NC(=O)CNC(CC)c2ccccc2)cc1. The zero-order valence-corrected chi connectivity index (χ0v) is 15.3. The van der Waals surface area contributed by atoms with Crippen LogP contribution in [-0.4, -0.2) is 18.6 Å². The number of anilines is 1. The van der Waals surface area contributed by atoms with E-state index < -0.39 is 0 Å². The Balaban J connectivity index is 1.83. The zero-order chi connectivity index (χ0) is 18.1. The van der Waals surface area contributed by atoms with Gasteiger partial charge < -0.3 is 15.4 Å². The Bertz CT molecular complexity index is 641. The summed E-state index contributed by atoms with van der Waals surface area (Å²) in [5.74, 6) is 0.769. The first-order valence-corrected chi connectivity index (χ1v) is 8.97. The molecule has 4 heteroatoms. The van der Waals surface area contributed by atoms with Gasteiger partial charge in [-0.05, 0) is 49.6 Å². The van der Waals surface area contributed by atoms with Crippen molar-refractivity contribution in [3.63, 3.8) is 0 Å². The fraction of sp³-hybridized carbons (Fsp3) is 0.381. The standard InChI is InChI=1S/C21H28N2O2/c1-4-16(3)25-19-13-11-18(12-14-19)23-21(24)15-22-20(5-2)17-9-7-6-8-10-17/h6-14,16,20,22H,4-5,15H2,1-3H3,(H,23,24). The van der Waals surface area contributed by atoms with E-state index in [1.54, 1.807) is 0 Å². The van der Waals surface area contributed by atoms with E-state index in [1.165, 1.54) is 5.56 Å². The Morgan fingerprint density at radius 3 is 2.28 bits per heavy atom. The molecule has 25 heavy (non-hydrogen) atoms. The molecule has 2 N–H and O–H groups in total. The Morgan fingerprint density at radius 2 is 1.68 bits per heavy atom. The number of amides is 1. The van der Waals surface area contributed by atoms with Gasteiger partial charge in [0, 0.05) is 11.7 Å². The molecule has 2 aromatic rings. The van der Waals surface area contributed by atoms with Gasteiger partial charge in [-0.1, -0.05) is 44.2 Å². The highest BCUT2D eigenvalue weighted by Crippen LogP contribution is 2.18. The van der Waals surface area contributed by atoms with Crippen LogP contribution in [0.4, 0.5) is 5.69 Å². The van der Waals surface area contributed by atoms with Crippen LogP contribution in [0.3, 0.4) is 0 Å². The van der Waals surface area contributed by atoms with Crippen molar-refractivity contribution in [3.05, 3.63) is 60.2 Å². The largest absolute Gasteiger partial charge is 0.491 e. The number of nitrogens with one attached hydrogen (secondary N) is 2. The van der Waals surface area contributed by atoms with Crippen molar-refractivity contribution < 1.29 is 9.53 Å². The molecule has 0 heterocycles. The summed E-state index contributed by atoms with van der Waals surface area (Å²) >= 11 is 0. The van der Waals surface area contributed by atoms with Gasteiger partial charge in [0.15, 0.2) is 0 Å². The van der Waals surface area contributed by atoms with Crippen molar-refractivity contribution in [3.8, 4) is 5.75 Å². The minimum absolute atomic E-state index is 0.0509. The average molecular weight is 340 g/mol. The van der Waals surface area contributed by atoms with Crippen molar-refractivity contribution in [1.82, 2.24) is 5.32 Å². The summed E-state index contributed by atoms with van der Waals surface area (Å²) in [6.45, 7) is 6.51. The summed E-state index contributed by atoms with van der Waals surface area (Å²) in [5, 5.41) is 6.22. The summed E-state index contributed by atoms with van der Waals surface area (Å²) in [4.78, 5) is 12.2. The lowest BCUT2D eigenvalue weighted by molar-refractivity contribution is -0.115. The second kappa shape index (κ2) is 9.84. The minimum atomic E-state index is -0.0509. The second-order valence-corrected chi connectivity index (χ2v) is 6.16. The monoisotopic (exact) mass is 340 g/mol. The molecule has 0 fully saturated rings. The van der Waals surface area contributed by atoms with Gasteiger partial charge in [-0.15, -0.1) is 0 Å². The minimum Gasteiger partial charge on any atom is -0.491 e. The Hall–Kier alpha value is -2.33. The maximum Gasteiger partial charge on any atom is 0.238 e. The number of carbonyl (C=O) groups excluding carboxylic acids is 1. The summed E-state index contributed by atoms with van der Waals surface area (Å²) in [6.07, 6.45) is 2.08. The molecule has 0 spiro atoms. The highest BCUT2D eigenvalue weighted by molar-refractivity contribution is 5.92. The molecule has 2 atom stereocenters. The Labute approximate surface area is 150 Å². The number of carbonyl (C=O) groups is 1. The lowest BCUT2D eigenvalue weighted by Crippen LogP contribution is -2.31. The number of ether oxygens (including phenoxy) is 1. The smallest absolute Gasteiger partial charge is 0.238 e. The Kier molecular flexibility index (Phi) is 7.48. The van der Waals surface area contributed by atoms with Gasteiger partial charge in [-0.25, -0.2) is 0 Å². The molecular weight excluding hydrogens is 312 g/mol. The van der Waals surface area contributed by atoms with Crippen molar-refractivity contribution >= 4 is 11.6 Å². The molecule has 0 radical (unpaired) electrons. The first-order valence-electron chi connectivity index (χ1n) is 8.97. The first kappa shape index (κ1) is 19.0. The zero-order valence-electron chi connectivity index (χ0n) is 15.3. The lowest BCUT2D eigenvalue weighted by atomic mass is 10.0. The quantitative estimate of drug-likeness (QED) is 0.704. The topological polar surface area (TPSA) is 50.4 Å². The van der Waals surface area contributed by atoms with Crippen molar-refractivity contribution in [2.24, 2.45) is 0 Å². The summed E-state index contributed by atoms with van der Waals surface area (Å²) < 4.78 is 5.74. The predicted octanol–water partition coefficient (Wildman–Crippen LogP) is 4.54. The summed E-state index contributed by atoms with van der Waals surface area (Å²) in [7, 11) is 0. The molecule has 134 valence electrons. The number of rotatable bonds is 9. The lowest BCUT2D eigenvalue weighted by Gasteiger charge is -2.17. The Morgan fingerprint density at radius 1 is 1.00 bits per heavy atom. The molecule has 2 unspecified atom stereocenters. The van der Waals surface area contributed by atoms with E-state index >= 15 is 0 Å². The highest BCUT2D eigenvalue weighted by atomic mass is 16.5. The van der Waals surface area contributed by atoms with Gasteiger partial charge >= 0.3 is 0 Å². The van der Waals surface area contributed by atoms with Gasteiger partial charge in [0.05, 0.1) is 12.6 Å². The van der Waals surface area contributed by atoms with Crippen LogP contribution in [-0.2, 0) is 4.79 Å². The van der Waals surface area contributed by atoms with E-state index in [2.05, 4.69) is 36.6 Å². The van der Waals surface area contributed by atoms with Gasteiger partial charge in [0.2, 0.25) is 5.91 Å². The van der Waals surface area contributed by atoms with Crippen LogP contribution in [0.2, 0.25) is 0 Å².